The normalized spacial score (nSPS) is 10.3. The molecule has 19 heavy (non-hydrogen) atoms. The number of hydrogen-bond acceptors (Lipinski definition) is 4. The molecular formula is C13H13ClN2O3. The molecule has 2 aromatic rings. The molecule has 0 atom stereocenters. The molecule has 0 unspecified atom stereocenters. The van der Waals surface area contributed by atoms with Crippen LogP contribution in [0.3, 0.4) is 0 Å². The number of carbonyl (C=O) groups excluding carboxylic acids is 1. The summed E-state index contributed by atoms with van der Waals surface area (Å²) >= 11 is 5.90. The summed E-state index contributed by atoms with van der Waals surface area (Å²) in [7, 11) is 0. The van der Waals surface area contributed by atoms with Crippen LogP contribution in [0.15, 0.2) is 28.8 Å². The first-order valence-corrected chi connectivity index (χ1v) is 6.15. The van der Waals surface area contributed by atoms with Gasteiger partial charge in [0.05, 0.1) is 12.2 Å². The van der Waals surface area contributed by atoms with Crippen molar-refractivity contribution in [3.05, 3.63) is 40.6 Å². The molecular weight excluding hydrogens is 268 g/mol. The first-order valence-electron chi connectivity index (χ1n) is 5.77. The van der Waals surface area contributed by atoms with Gasteiger partial charge in [-0.15, -0.1) is 0 Å². The fourth-order valence-electron chi connectivity index (χ4n) is 1.57. The van der Waals surface area contributed by atoms with Crippen molar-refractivity contribution in [2.75, 3.05) is 11.9 Å². The number of aromatic nitrogens is 1. The maximum Gasteiger partial charge on any atom is 0.260 e. The summed E-state index contributed by atoms with van der Waals surface area (Å²) in [5.41, 5.74) is 0.356. The lowest BCUT2D eigenvalue weighted by atomic mass is 10.2. The Morgan fingerprint density at radius 2 is 2.26 bits per heavy atom. The summed E-state index contributed by atoms with van der Waals surface area (Å²) in [4.78, 5) is 12.1. The highest BCUT2D eigenvalue weighted by atomic mass is 35.5. The fourth-order valence-corrected chi connectivity index (χ4v) is 1.74. The summed E-state index contributed by atoms with van der Waals surface area (Å²) < 4.78 is 10.3. The van der Waals surface area contributed by atoms with Crippen LogP contribution in [0, 0.1) is 6.92 Å². The van der Waals surface area contributed by atoms with Gasteiger partial charge in [-0.25, -0.2) is 0 Å². The van der Waals surface area contributed by atoms with Gasteiger partial charge in [-0.05, 0) is 32.0 Å². The minimum absolute atomic E-state index is 0.348. The lowest BCUT2D eigenvalue weighted by Gasteiger charge is -2.09. The number of rotatable bonds is 4. The quantitative estimate of drug-likeness (QED) is 0.933. The fraction of sp³-hybridized carbons (Fsp3) is 0.231. The Bertz CT molecular complexity index is 595. The molecule has 0 saturated heterocycles. The SMILES string of the molecule is CCOc1ccc(Cl)cc1C(=O)Nc1cc(C)on1. The van der Waals surface area contributed by atoms with Gasteiger partial charge >= 0.3 is 0 Å². The molecule has 1 aromatic heterocycles. The molecule has 1 N–H and O–H groups in total. The van der Waals surface area contributed by atoms with Crippen molar-refractivity contribution in [3.8, 4) is 5.75 Å². The third-order valence-electron chi connectivity index (χ3n) is 2.36. The van der Waals surface area contributed by atoms with E-state index in [1.54, 1.807) is 31.2 Å². The van der Waals surface area contributed by atoms with Crippen molar-refractivity contribution in [2.24, 2.45) is 0 Å². The Balaban J connectivity index is 2.24. The van der Waals surface area contributed by atoms with Crippen LogP contribution in [-0.4, -0.2) is 17.7 Å². The Hall–Kier alpha value is -2.01. The van der Waals surface area contributed by atoms with Crippen molar-refractivity contribution >= 4 is 23.3 Å². The van der Waals surface area contributed by atoms with Crippen molar-refractivity contribution in [3.63, 3.8) is 0 Å². The minimum Gasteiger partial charge on any atom is -0.493 e. The Morgan fingerprint density at radius 1 is 1.47 bits per heavy atom. The van der Waals surface area contributed by atoms with Crippen molar-refractivity contribution in [1.29, 1.82) is 0 Å². The first-order chi connectivity index (χ1) is 9.10. The maximum absolute atomic E-state index is 12.1. The topological polar surface area (TPSA) is 64.4 Å². The summed E-state index contributed by atoms with van der Waals surface area (Å²) in [5, 5.41) is 6.78. The lowest BCUT2D eigenvalue weighted by Crippen LogP contribution is -2.14. The third-order valence-corrected chi connectivity index (χ3v) is 2.59. The van der Waals surface area contributed by atoms with E-state index in [0.717, 1.165) is 0 Å². The second-order valence-corrected chi connectivity index (χ2v) is 4.29. The zero-order chi connectivity index (χ0) is 13.8. The molecule has 1 heterocycles. The standard InChI is InChI=1S/C13H13ClN2O3/c1-3-18-11-5-4-9(14)7-10(11)13(17)15-12-6-8(2)19-16-12/h4-7H,3H2,1-2H3,(H,15,16,17). The molecule has 6 heteroatoms. The highest BCUT2D eigenvalue weighted by Gasteiger charge is 2.15. The molecule has 2 rings (SSSR count). The summed E-state index contributed by atoms with van der Waals surface area (Å²) in [6.45, 7) is 4.05. The van der Waals surface area contributed by atoms with Gasteiger partial charge < -0.3 is 14.6 Å². The van der Waals surface area contributed by atoms with E-state index in [9.17, 15) is 4.79 Å². The van der Waals surface area contributed by atoms with Crippen LogP contribution in [0.1, 0.15) is 23.0 Å². The third kappa shape index (κ3) is 3.26. The largest absolute Gasteiger partial charge is 0.493 e. The molecule has 5 nitrogen and oxygen atoms in total. The highest BCUT2D eigenvalue weighted by Crippen LogP contribution is 2.24. The van der Waals surface area contributed by atoms with E-state index in [1.165, 1.54) is 0 Å². The smallest absolute Gasteiger partial charge is 0.260 e. The predicted octanol–water partition coefficient (Wildman–Crippen LogP) is 3.29. The predicted molar refractivity (Wildman–Crippen MR) is 71.8 cm³/mol. The van der Waals surface area contributed by atoms with Crippen LogP contribution in [0.4, 0.5) is 5.82 Å². The Labute approximate surface area is 115 Å². The van der Waals surface area contributed by atoms with E-state index >= 15 is 0 Å². The van der Waals surface area contributed by atoms with E-state index in [1.807, 2.05) is 6.92 Å². The van der Waals surface area contributed by atoms with Gasteiger partial charge in [-0.1, -0.05) is 16.8 Å². The van der Waals surface area contributed by atoms with Gasteiger partial charge in [-0.2, -0.15) is 0 Å². The second-order valence-electron chi connectivity index (χ2n) is 3.85. The molecule has 0 saturated carbocycles. The maximum atomic E-state index is 12.1. The molecule has 0 fully saturated rings. The molecule has 0 aliphatic heterocycles. The number of benzene rings is 1. The number of anilines is 1. The molecule has 0 aliphatic rings. The van der Waals surface area contributed by atoms with E-state index < -0.39 is 0 Å². The minimum atomic E-state index is -0.348. The number of nitrogens with one attached hydrogen (secondary N) is 1. The number of carbonyl (C=O) groups is 1. The van der Waals surface area contributed by atoms with Gasteiger partial charge in [-0.3, -0.25) is 4.79 Å². The molecule has 0 radical (unpaired) electrons. The van der Waals surface area contributed by atoms with Crippen molar-refractivity contribution < 1.29 is 14.1 Å². The Morgan fingerprint density at radius 3 is 2.89 bits per heavy atom. The van der Waals surface area contributed by atoms with Crippen LogP contribution in [0.5, 0.6) is 5.75 Å². The van der Waals surface area contributed by atoms with Gasteiger partial charge in [0, 0.05) is 11.1 Å². The number of aryl methyl sites for hydroxylation is 1. The average Bonchev–Trinajstić information content (AvgIpc) is 2.77. The number of amides is 1. The van der Waals surface area contributed by atoms with E-state index in [4.69, 9.17) is 20.9 Å². The molecule has 1 amide bonds. The van der Waals surface area contributed by atoms with E-state index in [2.05, 4.69) is 10.5 Å². The summed E-state index contributed by atoms with van der Waals surface area (Å²) in [6.07, 6.45) is 0. The van der Waals surface area contributed by atoms with Crippen LogP contribution < -0.4 is 10.1 Å². The molecule has 0 aliphatic carbocycles. The van der Waals surface area contributed by atoms with Crippen molar-refractivity contribution in [1.82, 2.24) is 5.16 Å². The van der Waals surface area contributed by atoms with Crippen LogP contribution in [0.25, 0.3) is 0 Å². The van der Waals surface area contributed by atoms with E-state index in [-0.39, 0.29) is 5.91 Å². The van der Waals surface area contributed by atoms with Crippen LogP contribution in [0.2, 0.25) is 5.02 Å². The van der Waals surface area contributed by atoms with Gasteiger partial charge in [0.1, 0.15) is 11.5 Å². The average molecular weight is 281 g/mol. The highest BCUT2D eigenvalue weighted by molar-refractivity contribution is 6.31. The zero-order valence-corrected chi connectivity index (χ0v) is 11.3. The van der Waals surface area contributed by atoms with Crippen LogP contribution >= 0.6 is 11.6 Å². The monoisotopic (exact) mass is 280 g/mol. The van der Waals surface area contributed by atoms with Gasteiger partial charge in [0.25, 0.3) is 5.91 Å². The molecule has 1 aromatic carbocycles. The molecule has 100 valence electrons. The Kier molecular flexibility index (Phi) is 4.06. The van der Waals surface area contributed by atoms with Crippen molar-refractivity contribution in [2.45, 2.75) is 13.8 Å². The van der Waals surface area contributed by atoms with Gasteiger partial charge in [0.15, 0.2) is 5.82 Å². The lowest BCUT2D eigenvalue weighted by molar-refractivity contribution is 0.102. The zero-order valence-electron chi connectivity index (χ0n) is 10.6. The van der Waals surface area contributed by atoms with Crippen LogP contribution in [-0.2, 0) is 0 Å². The van der Waals surface area contributed by atoms with E-state index in [0.29, 0.717) is 34.5 Å². The molecule has 0 spiro atoms. The second kappa shape index (κ2) is 5.75. The summed E-state index contributed by atoms with van der Waals surface area (Å²) in [6, 6.07) is 6.51. The molecule has 0 bridgehead atoms. The summed E-state index contributed by atoms with van der Waals surface area (Å²) in [5.74, 6) is 1.10. The number of halogens is 1. The number of hydrogen-bond donors (Lipinski definition) is 1. The first kappa shape index (κ1) is 13.4. The number of nitrogens with zero attached hydrogens (tertiary/aromatic N) is 1. The van der Waals surface area contributed by atoms with Gasteiger partial charge in [0.2, 0.25) is 0 Å². The number of ether oxygens (including phenoxy) is 1.